The molecule has 0 saturated carbocycles. The summed E-state index contributed by atoms with van der Waals surface area (Å²) in [6.07, 6.45) is 0. The van der Waals surface area contributed by atoms with E-state index in [0.717, 1.165) is 5.56 Å². The smallest absolute Gasteiger partial charge is 0.338 e. The quantitative estimate of drug-likeness (QED) is 0.761. The topological polar surface area (TPSA) is 63.7 Å². The minimum Gasteiger partial charge on any atom is -0.465 e. The largest absolute Gasteiger partial charge is 0.465 e. The first kappa shape index (κ1) is 18.4. The Morgan fingerprint density at radius 3 is 2.54 bits per heavy atom. The van der Waals surface area contributed by atoms with Crippen molar-refractivity contribution in [3.63, 3.8) is 0 Å². The van der Waals surface area contributed by atoms with Gasteiger partial charge in [-0.1, -0.05) is 29.8 Å². The average Bonchev–Trinajstić information content (AvgIpc) is 2.54. The number of nitrogens with zero attached hydrogens (tertiary/aromatic N) is 1. The number of benzene rings is 2. The highest BCUT2D eigenvalue weighted by Crippen LogP contribution is 2.21. The molecule has 0 unspecified atom stereocenters. The van der Waals surface area contributed by atoms with Crippen molar-refractivity contribution in [2.75, 3.05) is 14.2 Å². The summed E-state index contributed by atoms with van der Waals surface area (Å²) in [5.41, 5.74) is 1.65. The molecule has 0 aliphatic carbocycles. The fourth-order valence-corrected chi connectivity index (χ4v) is 3.65. The lowest BCUT2D eigenvalue weighted by Crippen LogP contribution is -2.26. The number of carbonyl (C=O) groups excluding carboxylic acids is 1. The van der Waals surface area contributed by atoms with Gasteiger partial charge >= 0.3 is 5.97 Å². The molecule has 128 valence electrons. The van der Waals surface area contributed by atoms with E-state index in [-0.39, 0.29) is 17.0 Å². The summed E-state index contributed by atoms with van der Waals surface area (Å²) in [4.78, 5) is 11.8. The molecule has 2 rings (SSSR count). The Morgan fingerprint density at radius 2 is 1.92 bits per heavy atom. The first-order chi connectivity index (χ1) is 11.3. The summed E-state index contributed by atoms with van der Waals surface area (Å²) >= 11 is 5.93. The predicted octanol–water partition coefficient (Wildman–Crippen LogP) is 3.26. The highest BCUT2D eigenvalue weighted by atomic mass is 35.5. The Bertz CT molecular complexity index is 865. The molecule has 0 fully saturated rings. The zero-order valence-corrected chi connectivity index (χ0v) is 15.2. The number of sulfonamides is 1. The molecule has 2 aromatic rings. The van der Waals surface area contributed by atoms with Crippen molar-refractivity contribution in [3.8, 4) is 0 Å². The third-order valence-corrected chi connectivity index (χ3v) is 5.65. The lowest BCUT2D eigenvalue weighted by atomic mass is 10.1. The minimum absolute atomic E-state index is 0.0398. The van der Waals surface area contributed by atoms with E-state index in [2.05, 4.69) is 0 Å². The predicted molar refractivity (Wildman–Crippen MR) is 92.6 cm³/mol. The monoisotopic (exact) mass is 367 g/mol. The third-order valence-electron chi connectivity index (χ3n) is 3.62. The number of halogens is 1. The summed E-state index contributed by atoms with van der Waals surface area (Å²) < 4.78 is 31.4. The van der Waals surface area contributed by atoms with Crippen LogP contribution in [0.25, 0.3) is 0 Å². The molecule has 0 atom stereocenters. The summed E-state index contributed by atoms with van der Waals surface area (Å²) in [5, 5.41) is 0.543. The number of esters is 1. The average molecular weight is 368 g/mol. The van der Waals surface area contributed by atoms with Crippen molar-refractivity contribution in [1.82, 2.24) is 4.31 Å². The molecule has 5 nitrogen and oxygen atoms in total. The molecular weight excluding hydrogens is 350 g/mol. The number of hydrogen-bond acceptors (Lipinski definition) is 4. The van der Waals surface area contributed by atoms with E-state index < -0.39 is 16.0 Å². The SMILES string of the molecule is COC(=O)c1cc(S(=O)(=O)N(C)Cc2cccc(Cl)c2)ccc1C. The fourth-order valence-electron chi connectivity index (χ4n) is 2.25. The molecular formula is C17H18ClNO4S. The van der Waals surface area contributed by atoms with E-state index in [1.165, 1.54) is 30.6 Å². The van der Waals surface area contributed by atoms with Gasteiger partial charge < -0.3 is 4.74 Å². The lowest BCUT2D eigenvalue weighted by Gasteiger charge is -2.18. The number of ether oxygens (including phenoxy) is 1. The summed E-state index contributed by atoms with van der Waals surface area (Å²) in [7, 11) is -1.01. The van der Waals surface area contributed by atoms with E-state index in [4.69, 9.17) is 16.3 Å². The lowest BCUT2D eigenvalue weighted by molar-refractivity contribution is 0.0599. The Labute approximate surface area is 146 Å². The van der Waals surface area contributed by atoms with Gasteiger partial charge in [0.25, 0.3) is 0 Å². The molecule has 7 heteroatoms. The second kappa shape index (κ2) is 7.34. The van der Waals surface area contributed by atoms with Crippen LogP contribution in [0.1, 0.15) is 21.5 Å². The van der Waals surface area contributed by atoms with Crippen LogP contribution in [0.5, 0.6) is 0 Å². The van der Waals surface area contributed by atoms with Crippen LogP contribution < -0.4 is 0 Å². The van der Waals surface area contributed by atoms with Crippen molar-refractivity contribution in [3.05, 3.63) is 64.2 Å². The van der Waals surface area contributed by atoms with E-state index in [0.29, 0.717) is 10.6 Å². The molecule has 0 amide bonds. The molecule has 0 spiro atoms. The Balaban J connectivity index is 2.34. The van der Waals surface area contributed by atoms with E-state index >= 15 is 0 Å². The van der Waals surface area contributed by atoms with Gasteiger partial charge in [0, 0.05) is 18.6 Å². The van der Waals surface area contributed by atoms with Crippen molar-refractivity contribution >= 4 is 27.6 Å². The molecule has 0 bridgehead atoms. The molecule has 24 heavy (non-hydrogen) atoms. The van der Waals surface area contributed by atoms with E-state index in [1.54, 1.807) is 37.3 Å². The minimum atomic E-state index is -3.75. The molecule has 2 aromatic carbocycles. The van der Waals surface area contributed by atoms with Crippen LogP contribution in [0.15, 0.2) is 47.4 Å². The highest BCUT2D eigenvalue weighted by Gasteiger charge is 2.23. The van der Waals surface area contributed by atoms with Gasteiger partial charge in [-0.2, -0.15) is 4.31 Å². The van der Waals surface area contributed by atoms with Crippen LogP contribution in [0.3, 0.4) is 0 Å². The maximum Gasteiger partial charge on any atom is 0.338 e. The molecule has 0 saturated heterocycles. The van der Waals surface area contributed by atoms with Crippen LogP contribution in [0.2, 0.25) is 5.02 Å². The van der Waals surface area contributed by atoms with Gasteiger partial charge in [-0.3, -0.25) is 0 Å². The number of methoxy groups -OCH3 is 1. The summed E-state index contributed by atoms with van der Waals surface area (Å²) in [6, 6.07) is 11.4. The summed E-state index contributed by atoms with van der Waals surface area (Å²) in [6.45, 7) is 1.89. The standard InChI is InChI=1S/C17H18ClNO4S/c1-12-7-8-15(10-16(12)17(20)23-3)24(21,22)19(2)11-13-5-4-6-14(18)9-13/h4-10H,11H2,1-3H3. The number of rotatable bonds is 5. The Kier molecular flexibility index (Phi) is 5.64. The van der Waals surface area contributed by atoms with Gasteiger partial charge in [0.2, 0.25) is 10.0 Å². The van der Waals surface area contributed by atoms with E-state index in [9.17, 15) is 13.2 Å². The molecule has 0 aliphatic heterocycles. The zero-order valence-electron chi connectivity index (χ0n) is 13.6. The van der Waals surface area contributed by atoms with Crippen molar-refractivity contribution in [1.29, 1.82) is 0 Å². The Hall–Kier alpha value is -1.89. The Morgan fingerprint density at radius 1 is 1.21 bits per heavy atom. The second-order valence-corrected chi connectivity index (χ2v) is 7.84. The van der Waals surface area contributed by atoms with Crippen LogP contribution in [-0.4, -0.2) is 32.8 Å². The van der Waals surface area contributed by atoms with Crippen molar-refractivity contribution in [2.45, 2.75) is 18.4 Å². The van der Waals surface area contributed by atoms with Crippen molar-refractivity contribution in [2.24, 2.45) is 0 Å². The second-order valence-electron chi connectivity index (χ2n) is 5.36. The van der Waals surface area contributed by atoms with Gasteiger partial charge in [-0.25, -0.2) is 13.2 Å². The molecule has 0 aromatic heterocycles. The van der Waals surface area contributed by atoms with Gasteiger partial charge in [-0.15, -0.1) is 0 Å². The van der Waals surface area contributed by atoms with Gasteiger partial charge in [-0.05, 0) is 42.3 Å². The first-order valence-corrected chi connectivity index (χ1v) is 8.97. The maximum atomic E-state index is 12.7. The molecule has 0 N–H and O–H groups in total. The molecule has 0 aliphatic rings. The maximum absolute atomic E-state index is 12.7. The first-order valence-electron chi connectivity index (χ1n) is 7.15. The van der Waals surface area contributed by atoms with Crippen molar-refractivity contribution < 1.29 is 17.9 Å². The molecule has 0 heterocycles. The fraction of sp³-hybridized carbons (Fsp3) is 0.235. The molecule has 0 radical (unpaired) electrons. The van der Waals surface area contributed by atoms with Gasteiger partial charge in [0.1, 0.15) is 0 Å². The van der Waals surface area contributed by atoms with Crippen LogP contribution in [-0.2, 0) is 21.3 Å². The number of carbonyl (C=O) groups is 1. The van der Waals surface area contributed by atoms with E-state index in [1.807, 2.05) is 0 Å². The van der Waals surface area contributed by atoms with Gasteiger partial charge in [0.05, 0.1) is 17.6 Å². The van der Waals surface area contributed by atoms with Gasteiger partial charge in [0.15, 0.2) is 0 Å². The number of hydrogen-bond donors (Lipinski definition) is 0. The summed E-state index contributed by atoms with van der Waals surface area (Å²) in [5.74, 6) is -0.568. The zero-order chi connectivity index (χ0) is 17.9. The van der Waals surface area contributed by atoms with Crippen LogP contribution in [0.4, 0.5) is 0 Å². The third kappa shape index (κ3) is 3.95. The number of aryl methyl sites for hydroxylation is 1. The normalized spacial score (nSPS) is 11.5. The highest BCUT2D eigenvalue weighted by molar-refractivity contribution is 7.89. The van der Waals surface area contributed by atoms with Crippen LogP contribution in [0, 0.1) is 6.92 Å². The van der Waals surface area contributed by atoms with Crippen LogP contribution >= 0.6 is 11.6 Å².